The van der Waals surface area contributed by atoms with E-state index in [2.05, 4.69) is 15.1 Å². The maximum Gasteiger partial charge on any atom is 0.254 e. The molecule has 3 aromatic rings. The highest BCUT2D eigenvalue weighted by atomic mass is 35.5. The molecule has 3 rings (SSSR count). The number of benzene rings is 2. The van der Waals surface area contributed by atoms with Crippen molar-refractivity contribution in [2.45, 2.75) is 11.8 Å². The van der Waals surface area contributed by atoms with E-state index in [-0.39, 0.29) is 23.9 Å². The first-order valence-corrected chi connectivity index (χ1v) is 10.9. The van der Waals surface area contributed by atoms with Gasteiger partial charge in [0.25, 0.3) is 5.91 Å². The van der Waals surface area contributed by atoms with E-state index in [0.29, 0.717) is 22.0 Å². The summed E-state index contributed by atoms with van der Waals surface area (Å²) in [7, 11) is -2.17. The lowest BCUT2D eigenvalue weighted by atomic mass is 10.2. The van der Waals surface area contributed by atoms with Crippen molar-refractivity contribution in [2.24, 2.45) is 0 Å². The second-order valence-electron chi connectivity index (χ2n) is 6.36. The van der Waals surface area contributed by atoms with Gasteiger partial charge in [0, 0.05) is 18.1 Å². The van der Waals surface area contributed by atoms with Crippen molar-refractivity contribution in [1.29, 1.82) is 0 Å². The van der Waals surface area contributed by atoms with Gasteiger partial charge in [-0.2, -0.15) is 5.10 Å². The van der Waals surface area contributed by atoms with Crippen LogP contribution in [0.5, 0.6) is 5.75 Å². The molecule has 1 amide bonds. The molecule has 0 aliphatic rings. The van der Waals surface area contributed by atoms with Crippen LogP contribution in [0.4, 0.5) is 0 Å². The first-order chi connectivity index (χ1) is 14.3. The van der Waals surface area contributed by atoms with Crippen molar-refractivity contribution >= 4 is 27.5 Å². The Bertz CT molecular complexity index is 1140. The Morgan fingerprint density at radius 1 is 1.17 bits per heavy atom. The largest absolute Gasteiger partial charge is 0.497 e. The minimum atomic E-state index is -3.68. The summed E-state index contributed by atoms with van der Waals surface area (Å²) in [5.41, 5.74) is 1.79. The van der Waals surface area contributed by atoms with Crippen LogP contribution in [-0.2, 0) is 10.0 Å². The third-order valence-corrected chi connectivity index (χ3v) is 6.09. The van der Waals surface area contributed by atoms with Crippen LogP contribution < -0.4 is 14.8 Å². The van der Waals surface area contributed by atoms with Crippen LogP contribution in [0, 0.1) is 6.92 Å². The number of hydrogen-bond acceptors (Lipinski definition) is 5. The lowest BCUT2D eigenvalue weighted by Gasteiger charge is -2.09. The Morgan fingerprint density at radius 3 is 2.57 bits per heavy atom. The molecule has 10 heteroatoms. The van der Waals surface area contributed by atoms with Crippen molar-refractivity contribution in [1.82, 2.24) is 19.8 Å². The van der Waals surface area contributed by atoms with E-state index >= 15 is 0 Å². The summed E-state index contributed by atoms with van der Waals surface area (Å²) < 4.78 is 33.7. The van der Waals surface area contributed by atoms with Gasteiger partial charge in [-0.3, -0.25) is 4.79 Å². The van der Waals surface area contributed by atoms with Gasteiger partial charge in [0.1, 0.15) is 5.75 Å². The summed E-state index contributed by atoms with van der Waals surface area (Å²) in [5.74, 6) is 0.222. The second-order valence-corrected chi connectivity index (χ2v) is 8.57. The predicted octanol–water partition coefficient (Wildman–Crippen LogP) is 2.55. The van der Waals surface area contributed by atoms with Gasteiger partial charge < -0.3 is 10.1 Å². The number of carbonyl (C=O) groups excluding carboxylic acids is 1. The SMILES string of the molecule is COc1ccc(S(=O)(=O)NCCNC(=O)c2cnn(-c3cccc(Cl)c3)c2C)cc1. The molecule has 0 atom stereocenters. The van der Waals surface area contributed by atoms with Gasteiger partial charge in [-0.05, 0) is 49.4 Å². The zero-order chi connectivity index (χ0) is 21.7. The topological polar surface area (TPSA) is 102 Å². The third-order valence-electron chi connectivity index (χ3n) is 4.38. The van der Waals surface area contributed by atoms with Gasteiger partial charge in [-0.15, -0.1) is 0 Å². The summed E-state index contributed by atoms with van der Waals surface area (Å²) >= 11 is 6.01. The van der Waals surface area contributed by atoms with Crippen LogP contribution in [0.2, 0.25) is 5.02 Å². The molecule has 1 aromatic heterocycles. The van der Waals surface area contributed by atoms with E-state index in [4.69, 9.17) is 16.3 Å². The van der Waals surface area contributed by atoms with Crippen molar-refractivity contribution in [2.75, 3.05) is 20.2 Å². The van der Waals surface area contributed by atoms with Crippen LogP contribution in [-0.4, -0.2) is 44.3 Å². The number of hydrogen-bond donors (Lipinski definition) is 2. The zero-order valence-electron chi connectivity index (χ0n) is 16.4. The van der Waals surface area contributed by atoms with Crippen LogP contribution in [0.15, 0.2) is 59.6 Å². The van der Waals surface area contributed by atoms with Crippen LogP contribution in [0.3, 0.4) is 0 Å². The average Bonchev–Trinajstić information content (AvgIpc) is 3.12. The van der Waals surface area contributed by atoms with Crippen molar-refractivity contribution < 1.29 is 17.9 Å². The highest BCUT2D eigenvalue weighted by Gasteiger charge is 2.16. The smallest absolute Gasteiger partial charge is 0.254 e. The van der Waals surface area contributed by atoms with E-state index in [1.807, 2.05) is 6.07 Å². The predicted molar refractivity (Wildman–Crippen MR) is 114 cm³/mol. The number of carbonyl (C=O) groups is 1. The zero-order valence-corrected chi connectivity index (χ0v) is 18.0. The Morgan fingerprint density at radius 2 is 1.90 bits per heavy atom. The van der Waals surface area contributed by atoms with Crippen molar-refractivity contribution in [3.8, 4) is 11.4 Å². The summed E-state index contributed by atoms with van der Waals surface area (Å²) in [5, 5.41) is 7.51. The number of sulfonamides is 1. The van der Waals surface area contributed by atoms with Crippen LogP contribution in [0.25, 0.3) is 5.69 Å². The highest BCUT2D eigenvalue weighted by Crippen LogP contribution is 2.18. The summed E-state index contributed by atoms with van der Waals surface area (Å²) in [4.78, 5) is 12.6. The lowest BCUT2D eigenvalue weighted by molar-refractivity contribution is 0.0953. The maximum absolute atomic E-state index is 12.5. The molecule has 0 saturated carbocycles. The molecular weight excluding hydrogens is 428 g/mol. The molecule has 2 aromatic carbocycles. The number of ether oxygens (including phenoxy) is 1. The minimum Gasteiger partial charge on any atom is -0.497 e. The molecule has 0 unspecified atom stereocenters. The van der Waals surface area contributed by atoms with Gasteiger partial charge >= 0.3 is 0 Å². The number of methoxy groups -OCH3 is 1. The Labute approximate surface area is 179 Å². The Balaban J connectivity index is 1.57. The van der Waals surface area contributed by atoms with Gasteiger partial charge in [-0.1, -0.05) is 17.7 Å². The van der Waals surface area contributed by atoms with Gasteiger partial charge in [-0.25, -0.2) is 17.8 Å². The Hall–Kier alpha value is -2.88. The monoisotopic (exact) mass is 448 g/mol. The molecule has 0 bridgehead atoms. The number of halogens is 1. The summed E-state index contributed by atoms with van der Waals surface area (Å²) in [6.45, 7) is 1.94. The fourth-order valence-corrected chi connectivity index (χ4v) is 4.01. The van der Waals surface area contributed by atoms with Crippen molar-refractivity contribution in [3.63, 3.8) is 0 Å². The molecule has 1 heterocycles. The number of nitrogens with zero attached hydrogens (tertiary/aromatic N) is 2. The molecule has 0 saturated heterocycles. The molecule has 0 fully saturated rings. The van der Waals surface area contributed by atoms with E-state index in [1.54, 1.807) is 41.9 Å². The molecule has 0 aliphatic heterocycles. The standard InChI is InChI=1S/C20H21ClN4O4S/c1-14-19(13-23-25(14)16-5-3-4-15(21)12-16)20(26)22-10-11-24-30(27,28)18-8-6-17(29-2)7-9-18/h3-9,12-13,24H,10-11H2,1-2H3,(H,22,26). The quantitative estimate of drug-likeness (QED) is 0.515. The van der Waals surface area contributed by atoms with E-state index in [0.717, 1.165) is 5.69 Å². The number of nitrogens with one attached hydrogen (secondary N) is 2. The molecule has 158 valence electrons. The van der Waals surface area contributed by atoms with Gasteiger partial charge in [0.05, 0.1) is 35.1 Å². The molecule has 0 radical (unpaired) electrons. The fourth-order valence-electron chi connectivity index (χ4n) is 2.80. The van der Waals surface area contributed by atoms with Crippen LogP contribution in [0.1, 0.15) is 16.1 Å². The maximum atomic E-state index is 12.5. The van der Waals surface area contributed by atoms with E-state index in [9.17, 15) is 13.2 Å². The third kappa shape index (κ3) is 4.99. The highest BCUT2D eigenvalue weighted by molar-refractivity contribution is 7.89. The van der Waals surface area contributed by atoms with Gasteiger partial charge in [0.2, 0.25) is 10.0 Å². The molecule has 0 spiro atoms. The molecule has 2 N–H and O–H groups in total. The normalized spacial score (nSPS) is 11.3. The Kier molecular flexibility index (Phi) is 6.76. The molecular formula is C20H21ClN4O4S. The average molecular weight is 449 g/mol. The number of rotatable bonds is 8. The van der Waals surface area contributed by atoms with Crippen molar-refractivity contribution in [3.05, 3.63) is 71.0 Å². The summed E-state index contributed by atoms with van der Waals surface area (Å²) in [6.07, 6.45) is 1.47. The van der Waals surface area contributed by atoms with Gasteiger partial charge in [0.15, 0.2) is 0 Å². The summed E-state index contributed by atoms with van der Waals surface area (Å²) in [6, 6.07) is 13.2. The number of amides is 1. The fraction of sp³-hybridized carbons (Fsp3) is 0.200. The van der Waals surface area contributed by atoms with E-state index in [1.165, 1.54) is 25.4 Å². The second kappa shape index (κ2) is 9.29. The minimum absolute atomic E-state index is 0.0432. The lowest BCUT2D eigenvalue weighted by Crippen LogP contribution is -2.34. The first-order valence-electron chi connectivity index (χ1n) is 9.04. The molecule has 30 heavy (non-hydrogen) atoms. The van der Waals surface area contributed by atoms with Crippen LogP contribution >= 0.6 is 11.6 Å². The number of aromatic nitrogens is 2. The molecule has 8 nitrogen and oxygen atoms in total. The van der Waals surface area contributed by atoms with E-state index < -0.39 is 10.0 Å². The molecule has 0 aliphatic carbocycles. The first kappa shape index (κ1) is 21.8.